The predicted octanol–water partition coefficient (Wildman–Crippen LogP) is 5.20. The lowest BCUT2D eigenvalue weighted by Gasteiger charge is -2.14. The van der Waals surface area contributed by atoms with E-state index < -0.39 is 0 Å². The first-order valence-corrected chi connectivity index (χ1v) is 10.9. The lowest BCUT2D eigenvalue weighted by atomic mass is 10.1. The summed E-state index contributed by atoms with van der Waals surface area (Å²) < 4.78 is 11.4. The molecule has 0 radical (unpaired) electrons. The van der Waals surface area contributed by atoms with Gasteiger partial charge in [-0.1, -0.05) is 23.5 Å². The zero-order valence-electron chi connectivity index (χ0n) is 18.3. The third-order valence-corrected chi connectivity index (χ3v) is 5.93. The molecule has 0 unspecified atom stereocenters. The number of methoxy groups -OCH3 is 2. The number of hydrogen-bond donors (Lipinski definition) is 0. The molecule has 0 aliphatic rings. The molecule has 0 spiro atoms. The van der Waals surface area contributed by atoms with Gasteiger partial charge in [0.1, 0.15) is 11.5 Å². The van der Waals surface area contributed by atoms with Gasteiger partial charge in [0.15, 0.2) is 5.78 Å². The smallest absolute Gasteiger partial charge is 0.280 e. The number of fused-ring (bicyclic) bond motifs is 1. The lowest BCUT2D eigenvalue weighted by Crippen LogP contribution is -2.25. The summed E-state index contributed by atoms with van der Waals surface area (Å²) in [5, 5.41) is 6.15. The Kier molecular flexibility index (Phi) is 6.46. The van der Waals surface area contributed by atoms with Crippen molar-refractivity contribution in [2.45, 2.75) is 6.92 Å². The standard InChI is InChI=1S/C25H21N3O4S/c1-16(29)18-6-8-19(9-7-18)24(30)28(26-15-17-4-10-20(31-2)11-5-17)25-27-22-13-12-21(32-3)14-23(22)33-25/h4-15H,1-3H3/b26-15+. The lowest BCUT2D eigenvalue weighted by molar-refractivity contribution is 0.0983. The maximum Gasteiger partial charge on any atom is 0.280 e. The minimum atomic E-state index is -0.360. The predicted molar refractivity (Wildman–Crippen MR) is 130 cm³/mol. The van der Waals surface area contributed by atoms with Crippen molar-refractivity contribution in [3.63, 3.8) is 0 Å². The van der Waals surface area contributed by atoms with Crippen LogP contribution in [-0.4, -0.2) is 37.1 Å². The quantitative estimate of drug-likeness (QED) is 0.216. The molecule has 1 heterocycles. The van der Waals surface area contributed by atoms with Crippen LogP contribution in [0.15, 0.2) is 71.8 Å². The van der Waals surface area contributed by atoms with Crippen molar-refractivity contribution in [2.75, 3.05) is 19.2 Å². The van der Waals surface area contributed by atoms with Crippen LogP contribution in [0.25, 0.3) is 10.2 Å². The van der Waals surface area contributed by atoms with Crippen LogP contribution in [0.3, 0.4) is 0 Å². The van der Waals surface area contributed by atoms with Gasteiger partial charge in [-0.15, -0.1) is 0 Å². The van der Waals surface area contributed by atoms with Crippen LogP contribution in [0.4, 0.5) is 5.13 Å². The topological polar surface area (TPSA) is 81.1 Å². The number of hydrogen-bond acceptors (Lipinski definition) is 7. The van der Waals surface area contributed by atoms with Gasteiger partial charge in [-0.3, -0.25) is 9.59 Å². The van der Waals surface area contributed by atoms with Gasteiger partial charge in [-0.25, -0.2) is 4.98 Å². The zero-order chi connectivity index (χ0) is 23.4. The minimum absolute atomic E-state index is 0.0662. The number of hydrazone groups is 1. The second-order valence-electron chi connectivity index (χ2n) is 7.10. The summed E-state index contributed by atoms with van der Waals surface area (Å²) in [7, 11) is 3.20. The van der Waals surface area contributed by atoms with E-state index in [0.717, 1.165) is 21.5 Å². The van der Waals surface area contributed by atoms with E-state index in [-0.39, 0.29) is 11.7 Å². The minimum Gasteiger partial charge on any atom is -0.497 e. The highest BCUT2D eigenvalue weighted by molar-refractivity contribution is 7.22. The van der Waals surface area contributed by atoms with Gasteiger partial charge in [0.2, 0.25) is 5.13 Å². The number of thiazole rings is 1. The molecule has 0 bridgehead atoms. The monoisotopic (exact) mass is 459 g/mol. The summed E-state index contributed by atoms with van der Waals surface area (Å²) >= 11 is 1.33. The molecule has 4 aromatic rings. The van der Waals surface area contributed by atoms with Gasteiger partial charge < -0.3 is 9.47 Å². The van der Waals surface area contributed by atoms with Crippen molar-refractivity contribution in [3.05, 3.63) is 83.4 Å². The third-order valence-electron chi connectivity index (χ3n) is 4.93. The Bertz CT molecular complexity index is 1330. The summed E-state index contributed by atoms with van der Waals surface area (Å²) in [5.74, 6) is 1.01. The summed E-state index contributed by atoms with van der Waals surface area (Å²) in [6.45, 7) is 1.48. The van der Waals surface area contributed by atoms with Crippen LogP contribution >= 0.6 is 11.3 Å². The van der Waals surface area contributed by atoms with Gasteiger partial charge in [-0.2, -0.15) is 10.1 Å². The second kappa shape index (κ2) is 9.62. The van der Waals surface area contributed by atoms with Crippen molar-refractivity contribution < 1.29 is 19.1 Å². The van der Waals surface area contributed by atoms with Crippen molar-refractivity contribution in [1.29, 1.82) is 0 Å². The number of rotatable bonds is 7. The molecule has 0 aliphatic heterocycles. The molecule has 0 atom stereocenters. The number of Topliss-reactive ketones (excluding diaryl/α,β-unsaturated/α-hetero) is 1. The van der Waals surface area contributed by atoms with Crippen molar-refractivity contribution in [3.8, 4) is 11.5 Å². The van der Waals surface area contributed by atoms with E-state index in [1.54, 1.807) is 44.7 Å². The van der Waals surface area contributed by atoms with Gasteiger partial charge in [0, 0.05) is 11.1 Å². The van der Waals surface area contributed by atoms with Gasteiger partial charge in [-0.05, 0) is 67.1 Å². The van der Waals surface area contributed by atoms with Crippen molar-refractivity contribution >= 4 is 44.6 Å². The molecule has 3 aromatic carbocycles. The highest BCUT2D eigenvalue weighted by atomic mass is 32.1. The molecule has 7 nitrogen and oxygen atoms in total. The number of aromatic nitrogens is 1. The van der Waals surface area contributed by atoms with Crippen LogP contribution in [0.2, 0.25) is 0 Å². The Hall–Kier alpha value is -4.04. The van der Waals surface area contributed by atoms with Gasteiger partial charge in [0.05, 0.1) is 30.7 Å². The molecule has 0 aliphatic carbocycles. The van der Waals surface area contributed by atoms with E-state index in [0.29, 0.717) is 22.0 Å². The summed E-state index contributed by atoms with van der Waals surface area (Å²) in [6, 6.07) is 19.3. The Labute approximate surface area is 194 Å². The Morgan fingerprint density at radius 2 is 1.55 bits per heavy atom. The SMILES string of the molecule is COc1ccc(/C=N/N(C(=O)c2ccc(C(C)=O)cc2)c2nc3ccc(OC)cc3s2)cc1. The van der Waals surface area contributed by atoms with Gasteiger partial charge in [0.25, 0.3) is 5.91 Å². The number of anilines is 1. The molecule has 166 valence electrons. The molecule has 1 amide bonds. The molecule has 0 N–H and O–H groups in total. The van der Waals surface area contributed by atoms with Crippen LogP contribution in [0.5, 0.6) is 11.5 Å². The molecule has 4 rings (SSSR count). The summed E-state index contributed by atoms with van der Waals surface area (Å²) in [5.41, 5.74) is 2.46. The van der Waals surface area contributed by atoms with Crippen molar-refractivity contribution in [1.82, 2.24) is 4.98 Å². The fourth-order valence-corrected chi connectivity index (χ4v) is 4.03. The van der Waals surface area contributed by atoms with Crippen LogP contribution in [0, 0.1) is 0 Å². The first-order chi connectivity index (χ1) is 16.0. The van der Waals surface area contributed by atoms with E-state index in [1.807, 2.05) is 42.5 Å². The molecule has 0 fully saturated rings. The normalized spacial score (nSPS) is 11.0. The number of carbonyl (C=O) groups excluding carboxylic acids is 2. The Morgan fingerprint density at radius 3 is 2.18 bits per heavy atom. The number of carbonyl (C=O) groups is 2. The van der Waals surface area contributed by atoms with E-state index in [1.165, 1.54) is 23.3 Å². The van der Waals surface area contributed by atoms with Crippen LogP contribution in [0.1, 0.15) is 33.2 Å². The number of nitrogens with zero attached hydrogens (tertiary/aromatic N) is 3. The van der Waals surface area contributed by atoms with E-state index in [9.17, 15) is 9.59 Å². The largest absolute Gasteiger partial charge is 0.497 e. The van der Waals surface area contributed by atoms with E-state index in [2.05, 4.69) is 10.1 Å². The molecule has 1 aromatic heterocycles. The molecule has 8 heteroatoms. The molecule has 33 heavy (non-hydrogen) atoms. The highest BCUT2D eigenvalue weighted by Crippen LogP contribution is 2.32. The second-order valence-corrected chi connectivity index (χ2v) is 8.11. The number of ether oxygens (including phenoxy) is 2. The maximum absolute atomic E-state index is 13.4. The van der Waals surface area contributed by atoms with E-state index in [4.69, 9.17) is 9.47 Å². The molecular weight excluding hydrogens is 438 g/mol. The molecule has 0 saturated carbocycles. The average molecular weight is 460 g/mol. The third kappa shape index (κ3) is 4.91. The number of benzene rings is 3. The summed E-state index contributed by atoms with van der Waals surface area (Å²) in [4.78, 5) is 29.6. The van der Waals surface area contributed by atoms with Gasteiger partial charge >= 0.3 is 0 Å². The fourth-order valence-electron chi connectivity index (χ4n) is 3.08. The number of amides is 1. The maximum atomic E-state index is 13.4. The van der Waals surface area contributed by atoms with E-state index >= 15 is 0 Å². The van der Waals surface area contributed by atoms with Crippen LogP contribution in [-0.2, 0) is 0 Å². The molecular formula is C25H21N3O4S. The Balaban J connectivity index is 1.72. The first kappa shape index (κ1) is 22.2. The summed E-state index contributed by atoms with van der Waals surface area (Å²) in [6.07, 6.45) is 1.59. The van der Waals surface area contributed by atoms with Crippen LogP contribution < -0.4 is 14.5 Å². The molecule has 0 saturated heterocycles. The highest BCUT2D eigenvalue weighted by Gasteiger charge is 2.21. The number of ketones is 1. The first-order valence-electron chi connectivity index (χ1n) is 10.1. The average Bonchev–Trinajstić information content (AvgIpc) is 3.27. The zero-order valence-corrected chi connectivity index (χ0v) is 19.1. The Morgan fingerprint density at radius 1 is 0.909 bits per heavy atom. The fraction of sp³-hybridized carbons (Fsp3) is 0.120. The van der Waals surface area contributed by atoms with Crippen molar-refractivity contribution in [2.24, 2.45) is 5.10 Å².